The molecule has 1 aliphatic rings. The van der Waals surface area contributed by atoms with Gasteiger partial charge in [0.05, 0.1) is 16.8 Å². The van der Waals surface area contributed by atoms with Gasteiger partial charge in [-0.05, 0) is 43.2 Å². The predicted molar refractivity (Wildman–Crippen MR) is 131 cm³/mol. The van der Waals surface area contributed by atoms with Crippen molar-refractivity contribution >= 4 is 28.2 Å². The van der Waals surface area contributed by atoms with E-state index in [0.29, 0.717) is 11.9 Å². The highest BCUT2D eigenvalue weighted by Crippen LogP contribution is 2.35. The first-order valence-corrected chi connectivity index (χ1v) is 11.3. The Hall–Kier alpha value is -3.52. The van der Waals surface area contributed by atoms with Gasteiger partial charge in [0.2, 0.25) is 0 Å². The van der Waals surface area contributed by atoms with Crippen molar-refractivity contribution in [2.45, 2.75) is 32.7 Å². The van der Waals surface area contributed by atoms with Gasteiger partial charge in [-0.15, -0.1) is 0 Å². The summed E-state index contributed by atoms with van der Waals surface area (Å²) >= 11 is 0. The van der Waals surface area contributed by atoms with Crippen molar-refractivity contribution in [2.75, 3.05) is 29.9 Å². The monoisotopic (exact) mass is 445 g/mol. The summed E-state index contributed by atoms with van der Waals surface area (Å²) in [5, 5.41) is 8.11. The lowest BCUT2D eigenvalue weighted by molar-refractivity contribution is 0.485. The van der Waals surface area contributed by atoms with Crippen LogP contribution in [0, 0.1) is 5.82 Å². The quantitative estimate of drug-likeness (QED) is 0.408. The molecule has 5 rings (SSSR count). The van der Waals surface area contributed by atoms with Crippen LogP contribution < -0.4 is 15.5 Å². The summed E-state index contributed by atoms with van der Waals surface area (Å²) in [4.78, 5) is 19.6. The molecule has 0 spiro atoms. The van der Waals surface area contributed by atoms with Crippen LogP contribution in [0.1, 0.15) is 32.3 Å². The van der Waals surface area contributed by atoms with Gasteiger partial charge in [0.1, 0.15) is 17.3 Å². The molecule has 3 N–H and O–H groups in total. The maximum atomic E-state index is 13.4. The van der Waals surface area contributed by atoms with Gasteiger partial charge in [-0.25, -0.2) is 19.3 Å². The minimum atomic E-state index is -0.280. The summed E-state index contributed by atoms with van der Waals surface area (Å²) < 4.78 is 13.4. The number of nitrogens with zero attached hydrogens (tertiary/aromatic N) is 4. The molecule has 0 bridgehead atoms. The van der Waals surface area contributed by atoms with Crippen molar-refractivity contribution < 1.29 is 4.39 Å². The molecule has 33 heavy (non-hydrogen) atoms. The van der Waals surface area contributed by atoms with Gasteiger partial charge in [0.15, 0.2) is 5.82 Å². The highest BCUT2D eigenvalue weighted by atomic mass is 19.1. The van der Waals surface area contributed by atoms with Crippen LogP contribution in [-0.4, -0.2) is 45.6 Å². The minimum absolute atomic E-state index is 0.229. The van der Waals surface area contributed by atoms with Crippen molar-refractivity contribution in [3.63, 3.8) is 0 Å². The van der Waals surface area contributed by atoms with E-state index in [2.05, 4.69) is 51.3 Å². The smallest absolute Gasteiger partial charge is 0.161 e. The van der Waals surface area contributed by atoms with E-state index < -0.39 is 0 Å². The van der Waals surface area contributed by atoms with Crippen molar-refractivity contribution in [3.8, 4) is 11.4 Å². The van der Waals surface area contributed by atoms with Gasteiger partial charge in [-0.1, -0.05) is 13.8 Å². The summed E-state index contributed by atoms with van der Waals surface area (Å²) in [5.74, 6) is 1.24. The molecule has 1 aromatic carbocycles. The third-order valence-electron chi connectivity index (χ3n) is 6.06. The summed E-state index contributed by atoms with van der Waals surface area (Å²) in [6.45, 7) is 9.25. The maximum absolute atomic E-state index is 13.4. The van der Waals surface area contributed by atoms with Crippen LogP contribution in [0.4, 0.5) is 21.6 Å². The number of hydrogen-bond acceptors (Lipinski definition) is 6. The number of H-pyrrole nitrogens is 1. The zero-order valence-corrected chi connectivity index (χ0v) is 19.1. The Morgan fingerprint density at radius 1 is 1.15 bits per heavy atom. The number of benzene rings is 1. The molecule has 0 saturated carbocycles. The second kappa shape index (κ2) is 8.78. The molecule has 8 heteroatoms. The summed E-state index contributed by atoms with van der Waals surface area (Å²) in [7, 11) is 0. The number of rotatable bonds is 5. The molecule has 170 valence electrons. The van der Waals surface area contributed by atoms with Crippen LogP contribution in [0.2, 0.25) is 0 Å². The number of hydrogen-bond donors (Lipinski definition) is 3. The van der Waals surface area contributed by atoms with Crippen LogP contribution in [-0.2, 0) is 0 Å². The summed E-state index contributed by atoms with van der Waals surface area (Å²) in [6.07, 6.45) is 5.68. The van der Waals surface area contributed by atoms with Crippen LogP contribution in [0.15, 0.2) is 48.9 Å². The number of aromatic nitrogens is 4. The van der Waals surface area contributed by atoms with E-state index >= 15 is 0 Å². The number of nitrogens with one attached hydrogen (secondary N) is 3. The van der Waals surface area contributed by atoms with E-state index in [-0.39, 0.29) is 11.7 Å². The highest BCUT2D eigenvalue weighted by Gasteiger charge is 2.21. The third-order valence-corrected chi connectivity index (χ3v) is 6.06. The fourth-order valence-electron chi connectivity index (χ4n) is 4.32. The maximum Gasteiger partial charge on any atom is 0.161 e. The van der Waals surface area contributed by atoms with E-state index in [0.717, 1.165) is 59.0 Å². The molecule has 1 atom stereocenters. The second-order valence-electron chi connectivity index (χ2n) is 8.84. The fraction of sp³-hybridized carbons (Fsp3) is 0.320. The highest BCUT2D eigenvalue weighted by molar-refractivity contribution is 6.01. The first kappa shape index (κ1) is 21.3. The fourth-order valence-corrected chi connectivity index (χ4v) is 4.32. The van der Waals surface area contributed by atoms with Gasteiger partial charge in [-0.3, -0.25) is 0 Å². The van der Waals surface area contributed by atoms with Crippen LogP contribution >= 0.6 is 0 Å². The lowest BCUT2D eigenvalue weighted by Gasteiger charge is -2.33. The Kier molecular flexibility index (Phi) is 5.68. The zero-order valence-electron chi connectivity index (χ0n) is 19.1. The predicted octanol–water partition coefficient (Wildman–Crippen LogP) is 4.82. The first-order valence-electron chi connectivity index (χ1n) is 11.3. The number of piperazine rings is 1. The minimum Gasteiger partial charge on any atom is -0.367 e. The molecule has 7 nitrogen and oxygen atoms in total. The lowest BCUT2D eigenvalue weighted by Crippen LogP contribution is -2.49. The molecule has 3 aromatic heterocycles. The Bertz CT molecular complexity index is 1270. The molecule has 0 radical (unpaired) electrons. The average molecular weight is 446 g/mol. The molecular formula is C25H28FN7. The molecule has 1 saturated heterocycles. The second-order valence-corrected chi connectivity index (χ2v) is 8.84. The average Bonchev–Trinajstić information content (AvgIpc) is 3.25. The topological polar surface area (TPSA) is 81.8 Å². The van der Waals surface area contributed by atoms with E-state index in [9.17, 15) is 4.39 Å². The van der Waals surface area contributed by atoms with Crippen molar-refractivity contribution in [2.24, 2.45) is 0 Å². The van der Waals surface area contributed by atoms with E-state index in [1.165, 1.54) is 12.1 Å². The Morgan fingerprint density at radius 3 is 2.73 bits per heavy atom. The van der Waals surface area contributed by atoms with E-state index in [1.807, 2.05) is 18.5 Å². The third kappa shape index (κ3) is 4.26. The van der Waals surface area contributed by atoms with E-state index in [1.54, 1.807) is 18.3 Å². The standard InChI is InChI=1S/C25H28FN7/c1-15(2)19-12-29-23(17-4-6-18(26)7-5-17)32-24(19)31-20-8-9-28-25-22(20)21(13-30-25)33-11-10-27-16(3)14-33/h4-9,12-13,15-16,27H,10-11,14H2,1-3H3,(H2,28,29,30,31,32). The molecule has 1 unspecified atom stereocenters. The number of pyridine rings is 1. The molecule has 0 amide bonds. The van der Waals surface area contributed by atoms with Crippen molar-refractivity contribution in [3.05, 3.63) is 60.3 Å². The number of fused-ring (bicyclic) bond motifs is 1. The Morgan fingerprint density at radius 2 is 1.97 bits per heavy atom. The van der Waals surface area contributed by atoms with Crippen LogP contribution in [0.25, 0.3) is 22.4 Å². The normalized spacial score (nSPS) is 16.5. The Labute approximate surface area is 192 Å². The largest absolute Gasteiger partial charge is 0.367 e. The van der Waals surface area contributed by atoms with Crippen molar-refractivity contribution in [1.82, 2.24) is 25.3 Å². The van der Waals surface area contributed by atoms with Gasteiger partial charge in [-0.2, -0.15) is 0 Å². The van der Waals surface area contributed by atoms with Gasteiger partial charge in [0, 0.05) is 55.4 Å². The number of halogens is 1. The zero-order chi connectivity index (χ0) is 22.9. The molecule has 0 aliphatic carbocycles. The molecule has 1 fully saturated rings. The van der Waals surface area contributed by atoms with Crippen LogP contribution in [0.5, 0.6) is 0 Å². The molecule has 1 aliphatic heterocycles. The number of anilines is 3. The van der Waals surface area contributed by atoms with Crippen molar-refractivity contribution in [1.29, 1.82) is 0 Å². The SMILES string of the molecule is CC1CN(c2c[nH]c3nccc(Nc4nc(-c5ccc(F)cc5)ncc4C(C)C)c23)CCN1. The van der Waals surface area contributed by atoms with E-state index in [4.69, 9.17) is 4.98 Å². The van der Waals surface area contributed by atoms with Gasteiger partial charge >= 0.3 is 0 Å². The molecule has 4 heterocycles. The summed E-state index contributed by atoms with van der Waals surface area (Å²) in [6, 6.07) is 8.65. The molecule has 4 aromatic rings. The van der Waals surface area contributed by atoms with Crippen LogP contribution in [0.3, 0.4) is 0 Å². The van der Waals surface area contributed by atoms with Gasteiger partial charge < -0.3 is 20.5 Å². The van der Waals surface area contributed by atoms with Gasteiger partial charge in [0.25, 0.3) is 0 Å². The Balaban J connectivity index is 1.57. The number of aromatic amines is 1. The lowest BCUT2D eigenvalue weighted by atomic mass is 10.1. The first-order chi connectivity index (χ1) is 16.0. The molecular weight excluding hydrogens is 417 g/mol. The summed E-state index contributed by atoms with van der Waals surface area (Å²) in [5.41, 5.74) is 4.69.